The Hall–Kier alpha value is -0.503. The summed E-state index contributed by atoms with van der Waals surface area (Å²) in [6.45, 7) is 9.95. The van der Waals surface area contributed by atoms with Crippen molar-refractivity contribution < 1.29 is 4.43 Å². The molecule has 0 heterocycles. The molecular formula is C7H14OSi. The van der Waals surface area contributed by atoms with Crippen LogP contribution in [-0.4, -0.2) is 8.32 Å². The molecule has 0 saturated heterocycles. The molecule has 9 heavy (non-hydrogen) atoms. The summed E-state index contributed by atoms with van der Waals surface area (Å²) in [4.78, 5) is 0. The zero-order chi connectivity index (χ0) is 7.33. The average molecular weight is 142 g/mol. The van der Waals surface area contributed by atoms with Crippen LogP contribution in [0.1, 0.15) is 0 Å². The maximum atomic E-state index is 5.36. The fraction of sp³-hybridized carbons (Fsp3) is 0.429. The lowest BCUT2D eigenvalue weighted by atomic mass is 10.6. The lowest BCUT2D eigenvalue weighted by Gasteiger charge is -2.13. The number of hydrogen-bond acceptors (Lipinski definition) is 1. The fourth-order valence-electron chi connectivity index (χ4n) is 0.299. The van der Waals surface area contributed by atoms with E-state index in [1.165, 1.54) is 0 Å². The van der Waals surface area contributed by atoms with E-state index < -0.39 is 8.32 Å². The van der Waals surface area contributed by atoms with E-state index in [1.807, 2.05) is 0 Å². The summed E-state index contributed by atoms with van der Waals surface area (Å²) in [6.07, 6.45) is 5.22. The molecule has 52 valence electrons. The van der Waals surface area contributed by atoms with Gasteiger partial charge in [-0.1, -0.05) is 12.7 Å². The molecule has 0 aliphatic carbocycles. The molecule has 0 bridgehead atoms. The summed E-state index contributed by atoms with van der Waals surface area (Å²) in [7, 11) is -1.33. The van der Waals surface area contributed by atoms with E-state index >= 15 is 0 Å². The van der Waals surface area contributed by atoms with Crippen LogP contribution in [0.3, 0.4) is 0 Å². The Morgan fingerprint density at radius 2 is 1.89 bits per heavy atom. The van der Waals surface area contributed by atoms with E-state index in [0.29, 0.717) is 0 Å². The van der Waals surface area contributed by atoms with Gasteiger partial charge in [-0.2, -0.15) is 0 Å². The molecule has 0 atom stereocenters. The van der Waals surface area contributed by atoms with Crippen molar-refractivity contribution in [1.29, 1.82) is 0 Å². The molecule has 0 unspecified atom stereocenters. The van der Waals surface area contributed by atoms with Crippen molar-refractivity contribution in [1.82, 2.24) is 0 Å². The topological polar surface area (TPSA) is 9.23 Å². The third-order valence-electron chi connectivity index (χ3n) is 0.636. The Bertz CT molecular complexity index is 111. The number of hydrogen-bond donors (Lipinski definition) is 0. The molecule has 0 aromatic rings. The van der Waals surface area contributed by atoms with Gasteiger partial charge >= 0.3 is 0 Å². The van der Waals surface area contributed by atoms with Gasteiger partial charge in [0.2, 0.25) is 8.32 Å². The Kier molecular flexibility index (Phi) is 3.31. The lowest BCUT2D eigenvalue weighted by molar-refractivity contribution is 0.480. The summed E-state index contributed by atoms with van der Waals surface area (Å²) < 4.78 is 5.36. The molecule has 1 nitrogen and oxygen atoms in total. The molecule has 0 saturated carbocycles. The van der Waals surface area contributed by atoms with Gasteiger partial charge in [-0.05, 0) is 25.7 Å². The van der Waals surface area contributed by atoms with Gasteiger partial charge < -0.3 is 4.43 Å². The monoisotopic (exact) mass is 142 g/mol. The Morgan fingerprint density at radius 3 is 2.22 bits per heavy atom. The zero-order valence-electron chi connectivity index (χ0n) is 6.35. The first-order chi connectivity index (χ1) is 4.06. The minimum absolute atomic E-state index is 1.33. The molecular weight excluding hydrogens is 128 g/mol. The normalized spacial score (nSPS) is 11.9. The molecule has 0 fully saturated rings. The van der Waals surface area contributed by atoms with Gasteiger partial charge in [0.15, 0.2) is 0 Å². The molecule has 0 aliphatic heterocycles. The minimum Gasteiger partial charge on any atom is -0.550 e. The lowest BCUT2D eigenvalue weighted by Crippen LogP contribution is -2.21. The molecule has 0 aromatic carbocycles. The maximum absolute atomic E-state index is 5.36. The quantitative estimate of drug-likeness (QED) is 0.334. The van der Waals surface area contributed by atoms with Gasteiger partial charge in [-0.25, -0.2) is 0 Å². The zero-order valence-corrected chi connectivity index (χ0v) is 7.35. The third-order valence-corrected chi connectivity index (χ3v) is 1.48. The van der Waals surface area contributed by atoms with Crippen molar-refractivity contribution in [3.63, 3.8) is 0 Å². The van der Waals surface area contributed by atoms with E-state index in [0.717, 1.165) is 0 Å². The minimum atomic E-state index is -1.33. The molecule has 0 amide bonds. The van der Waals surface area contributed by atoms with E-state index in [-0.39, 0.29) is 0 Å². The van der Waals surface area contributed by atoms with Crippen LogP contribution in [0.15, 0.2) is 25.0 Å². The van der Waals surface area contributed by atoms with Crippen LogP contribution >= 0.6 is 0 Å². The number of allylic oxidation sites excluding steroid dienone is 2. The van der Waals surface area contributed by atoms with Crippen LogP contribution in [0.25, 0.3) is 0 Å². The average Bonchev–Trinajstić information content (AvgIpc) is 1.63. The second kappa shape index (κ2) is 3.51. The van der Waals surface area contributed by atoms with Gasteiger partial charge in [-0.3, -0.25) is 0 Å². The molecule has 0 aromatic heterocycles. The van der Waals surface area contributed by atoms with E-state index in [4.69, 9.17) is 4.43 Å². The molecule has 0 aliphatic rings. The second-order valence-electron chi connectivity index (χ2n) is 2.79. The number of rotatable bonds is 3. The van der Waals surface area contributed by atoms with E-state index in [2.05, 4.69) is 26.2 Å². The highest BCUT2D eigenvalue weighted by atomic mass is 28.4. The van der Waals surface area contributed by atoms with Crippen molar-refractivity contribution in [3.8, 4) is 0 Å². The van der Waals surface area contributed by atoms with E-state index in [1.54, 1.807) is 18.4 Å². The maximum Gasteiger partial charge on any atom is 0.241 e. The van der Waals surface area contributed by atoms with Crippen LogP contribution in [-0.2, 0) is 4.43 Å². The molecule has 0 rings (SSSR count). The molecule has 0 spiro atoms. The van der Waals surface area contributed by atoms with Crippen molar-refractivity contribution in [2.45, 2.75) is 19.6 Å². The predicted octanol–water partition coefficient (Wildman–Crippen LogP) is 2.54. The first-order valence-electron chi connectivity index (χ1n) is 3.01. The summed E-state index contributed by atoms with van der Waals surface area (Å²) in [5.41, 5.74) is 0. The Balaban J connectivity index is 3.50. The van der Waals surface area contributed by atoms with Gasteiger partial charge in [0.25, 0.3) is 0 Å². The predicted molar refractivity (Wildman–Crippen MR) is 43.8 cm³/mol. The van der Waals surface area contributed by atoms with Gasteiger partial charge in [0.05, 0.1) is 6.26 Å². The molecule has 0 N–H and O–H groups in total. The van der Waals surface area contributed by atoms with Crippen LogP contribution in [0.2, 0.25) is 19.6 Å². The van der Waals surface area contributed by atoms with Gasteiger partial charge in [0, 0.05) is 0 Å². The van der Waals surface area contributed by atoms with Gasteiger partial charge in [-0.15, -0.1) is 0 Å². The van der Waals surface area contributed by atoms with Gasteiger partial charge in [0.1, 0.15) is 0 Å². The van der Waals surface area contributed by atoms with Crippen LogP contribution < -0.4 is 0 Å². The second-order valence-corrected chi connectivity index (χ2v) is 7.25. The van der Waals surface area contributed by atoms with Crippen LogP contribution in [0.4, 0.5) is 0 Å². The van der Waals surface area contributed by atoms with E-state index in [9.17, 15) is 0 Å². The Labute approximate surface area is 58.2 Å². The smallest absolute Gasteiger partial charge is 0.241 e. The summed E-state index contributed by atoms with van der Waals surface area (Å²) in [5, 5.41) is 0. The highest BCUT2D eigenvalue weighted by Gasteiger charge is 2.12. The molecule has 0 radical (unpaired) electrons. The van der Waals surface area contributed by atoms with Crippen molar-refractivity contribution in [3.05, 3.63) is 25.0 Å². The van der Waals surface area contributed by atoms with Crippen molar-refractivity contribution >= 4 is 8.32 Å². The SMILES string of the molecule is C=C/C=C/O[Si](C)(C)C. The first kappa shape index (κ1) is 8.50. The van der Waals surface area contributed by atoms with Crippen LogP contribution in [0.5, 0.6) is 0 Å². The highest BCUT2D eigenvalue weighted by molar-refractivity contribution is 6.69. The largest absolute Gasteiger partial charge is 0.550 e. The summed E-state index contributed by atoms with van der Waals surface area (Å²) in [6, 6.07) is 0. The van der Waals surface area contributed by atoms with Crippen molar-refractivity contribution in [2.24, 2.45) is 0 Å². The first-order valence-corrected chi connectivity index (χ1v) is 6.42. The fourth-order valence-corrected chi connectivity index (χ4v) is 0.786. The summed E-state index contributed by atoms with van der Waals surface area (Å²) >= 11 is 0. The molecule has 2 heteroatoms. The van der Waals surface area contributed by atoms with Crippen LogP contribution in [0, 0.1) is 0 Å². The Morgan fingerprint density at radius 1 is 1.33 bits per heavy atom. The summed E-state index contributed by atoms with van der Waals surface area (Å²) in [5.74, 6) is 0. The van der Waals surface area contributed by atoms with Crippen molar-refractivity contribution in [2.75, 3.05) is 0 Å². The highest BCUT2D eigenvalue weighted by Crippen LogP contribution is 2.01. The third kappa shape index (κ3) is 7.50. The standard InChI is InChI=1S/C7H14OSi/c1-5-6-7-8-9(2,3)4/h5-7H,1H2,2-4H3/b7-6+.